The van der Waals surface area contributed by atoms with E-state index in [2.05, 4.69) is 20.1 Å². The highest BCUT2D eigenvalue weighted by molar-refractivity contribution is 5.92. The van der Waals surface area contributed by atoms with E-state index in [0.29, 0.717) is 18.8 Å². The number of hydrogen-bond acceptors (Lipinski definition) is 6. The summed E-state index contributed by atoms with van der Waals surface area (Å²) in [6, 6.07) is 10.7. The fraction of sp³-hybridized carbons (Fsp3) is 0.278. The SMILES string of the molecule is O=C(c1ccncn1)N1CCCC(F)(c2nc(-c3ccccc3)no2)C1. The summed E-state index contributed by atoms with van der Waals surface area (Å²) in [7, 11) is 0. The van der Waals surface area contributed by atoms with Crippen molar-refractivity contribution in [3.05, 3.63) is 60.5 Å². The van der Waals surface area contributed by atoms with E-state index in [1.54, 1.807) is 0 Å². The Kier molecular flexibility index (Phi) is 4.16. The van der Waals surface area contributed by atoms with Crippen LogP contribution in [0.15, 0.2) is 53.4 Å². The van der Waals surface area contributed by atoms with Crippen LogP contribution < -0.4 is 0 Å². The Hall–Kier alpha value is -3.16. The van der Waals surface area contributed by atoms with Crippen molar-refractivity contribution < 1.29 is 13.7 Å². The fourth-order valence-electron chi connectivity index (χ4n) is 3.05. The zero-order valence-electron chi connectivity index (χ0n) is 13.9. The molecule has 7 nitrogen and oxygen atoms in total. The number of halogens is 1. The molecule has 1 unspecified atom stereocenters. The Balaban J connectivity index is 1.56. The van der Waals surface area contributed by atoms with Gasteiger partial charge in [-0.15, -0.1) is 0 Å². The molecule has 4 rings (SSSR count). The van der Waals surface area contributed by atoms with Crippen molar-refractivity contribution in [2.45, 2.75) is 18.5 Å². The summed E-state index contributed by atoms with van der Waals surface area (Å²) < 4.78 is 20.7. The number of carbonyl (C=O) groups is 1. The van der Waals surface area contributed by atoms with Gasteiger partial charge in [-0.3, -0.25) is 4.79 Å². The summed E-state index contributed by atoms with van der Waals surface area (Å²) in [6.45, 7) is 0.306. The molecule has 1 fully saturated rings. The first-order chi connectivity index (χ1) is 12.7. The van der Waals surface area contributed by atoms with Gasteiger partial charge in [-0.2, -0.15) is 4.98 Å². The van der Waals surface area contributed by atoms with E-state index in [9.17, 15) is 4.79 Å². The van der Waals surface area contributed by atoms with Crippen molar-refractivity contribution >= 4 is 5.91 Å². The maximum Gasteiger partial charge on any atom is 0.272 e. The van der Waals surface area contributed by atoms with Crippen LogP contribution in [0, 0.1) is 0 Å². The van der Waals surface area contributed by atoms with Crippen LogP contribution in [-0.4, -0.2) is 44.0 Å². The van der Waals surface area contributed by atoms with E-state index < -0.39 is 5.67 Å². The van der Waals surface area contributed by atoms with E-state index in [1.807, 2.05) is 30.3 Å². The molecule has 132 valence electrons. The minimum absolute atomic E-state index is 0.100. The lowest BCUT2D eigenvalue weighted by molar-refractivity contribution is 0.0149. The Bertz CT molecular complexity index is 902. The molecule has 0 N–H and O–H groups in total. The quantitative estimate of drug-likeness (QED) is 0.720. The Labute approximate surface area is 148 Å². The first-order valence-corrected chi connectivity index (χ1v) is 8.29. The number of carbonyl (C=O) groups excluding carboxylic acids is 1. The number of piperidine rings is 1. The largest absolute Gasteiger partial charge is 0.335 e. The molecule has 3 heterocycles. The van der Waals surface area contributed by atoms with Crippen molar-refractivity contribution in [1.82, 2.24) is 25.0 Å². The zero-order chi connectivity index (χ0) is 18.0. The molecular formula is C18H16FN5O2. The van der Waals surface area contributed by atoms with Crippen LogP contribution >= 0.6 is 0 Å². The molecule has 0 radical (unpaired) electrons. The first kappa shape index (κ1) is 16.3. The Morgan fingerprint density at radius 3 is 2.85 bits per heavy atom. The monoisotopic (exact) mass is 353 g/mol. The number of rotatable bonds is 3. The summed E-state index contributed by atoms with van der Waals surface area (Å²) in [5, 5.41) is 3.88. The topological polar surface area (TPSA) is 85.0 Å². The van der Waals surface area contributed by atoms with Crippen LogP contribution in [0.1, 0.15) is 29.2 Å². The van der Waals surface area contributed by atoms with Crippen LogP contribution in [0.3, 0.4) is 0 Å². The molecule has 0 bridgehead atoms. The lowest BCUT2D eigenvalue weighted by Crippen LogP contribution is -2.46. The number of aromatic nitrogens is 4. The molecule has 1 amide bonds. The number of nitrogens with zero attached hydrogens (tertiary/aromatic N) is 5. The van der Waals surface area contributed by atoms with E-state index in [-0.39, 0.29) is 30.5 Å². The number of amides is 1. The van der Waals surface area contributed by atoms with Crippen LogP contribution in [0.2, 0.25) is 0 Å². The molecule has 1 atom stereocenters. The highest BCUT2D eigenvalue weighted by Crippen LogP contribution is 2.35. The van der Waals surface area contributed by atoms with E-state index in [0.717, 1.165) is 5.56 Å². The molecule has 1 aromatic carbocycles. The van der Waals surface area contributed by atoms with Crippen molar-refractivity contribution in [1.29, 1.82) is 0 Å². The lowest BCUT2D eigenvalue weighted by atomic mass is 9.94. The van der Waals surface area contributed by atoms with E-state index >= 15 is 4.39 Å². The third kappa shape index (κ3) is 3.05. The maximum absolute atomic E-state index is 15.5. The summed E-state index contributed by atoms with van der Waals surface area (Å²) in [4.78, 5) is 25.9. The van der Waals surface area contributed by atoms with Crippen LogP contribution in [0.25, 0.3) is 11.4 Å². The highest BCUT2D eigenvalue weighted by atomic mass is 19.1. The highest BCUT2D eigenvalue weighted by Gasteiger charge is 2.44. The normalized spacial score (nSPS) is 20.1. The maximum atomic E-state index is 15.5. The standard InChI is InChI=1S/C18H16FN5O2/c19-18(17-22-15(23-26-17)13-5-2-1-3-6-13)8-4-10-24(11-18)16(25)14-7-9-20-12-21-14/h1-3,5-7,9,12H,4,8,10-11H2. The molecule has 1 aliphatic heterocycles. The minimum atomic E-state index is -1.87. The average molecular weight is 353 g/mol. The average Bonchev–Trinajstić information content (AvgIpc) is 3.20. The summed E-state index contributed by atoms with van der Waals surface area (Å²) in [6.07, 6.45) is 3.49. The third-order valence-electron chi connectivity index (χ3n) is 4.37. The molecule has 2 aromatic heterocycles. The predicted molar refractivity (Wildman–Crippen MR) is 89.7 cm³/mol. The van der Waals surface area contributed by atoms with Gasteiger partial charge in [-0.1, -0.05) is 35.5 Å². The second-order valence-electron chi connectivity index (χ2n) is 6.18. The van der Waals surface area contributed by atoms with E-state index in [1.165, 1.54) is 23.5 Å². The van der Waals surface area contributed by atoms with Gasteiger partial charge in [0.25, 0.3) is 11.8 Å². The molecule has 0 saturated carbocycles. The Morgan fingerprint density at radius 1 is 1.23 bits per heavy atom. The summed E-state index contributed by atoms with van der Waals surface area (Å²) in [5.41, 5.74) is -0.892. The number of benzene rings is 1. The number of hydrogen-bond donors (Lipinski definition) is 0. The first-order valence-electron chi connectivity index (χ1n) is 8.29. The van der Waals surface area contributed by atoms with Crippen molar-refractivity contribution in [2.75, 3.05) is 13.1 Å². The van der Waals surface area contributed by atoms with Crippen LogP contribution in [-0.2, 0) is 5.67 Å². The van der Waals surface area contributed by atoms with Gasteiger partial charge in [0.15, 0.2) is 0 Å². The van der Waals surface area contributed by atoms with Gasteiger partial charge in [0.05, 0.1) is 6.54 Å². The molecular weight excluding hydrogens is 337 g/mol. The van der Waals surface area contributed by atoms with Gasteiger partial charge in [0.2, 0.25) is 11.5 Å². The van der Waals surface area contributed by atoms with Crippen LogP contribution in [0.5, 0.6) is 0 Å². The van der Waals surface area contributed by atoms with Gasteiger partial charge < -0.3 is 9.42 Å². The predicted octanol–water partition coefficient (Wildman–Crippen LogP) is 2.63. The second kappa shape index (κ2) is 6.62. The number of likely N-dealkylation sites (tertiary alicyclic amines) is 1. The molecule has 26 heavy (non-hydrogen) atoms. The van der Waals surface area contributed by atoms with Gasteiger partial charge in [-0.25, -0.2) is 14.4 Å². The third-order valence-corrected chi connectivity index (χ3v) is 4.37. The van der Waals surface area contributed by atoms with Crippen molar-refractivity contribution in [2.24, 2.45) is 0 Å². The van der Waals surface area contributed by atoms with Gasteiger partial charge in [0.1, 0.15) is 12.0 Å². The zero-order valence-corrected chi connectivity index (χ0v) is 13.9. The minimum Gasteiger partial charge on any atom is -0.335 e. The van der Waals surface area contributed by atoms with Crippen LogP contribution in [0.4, 0.5) is 4.39 Å². The summed E-state index contributed by atoms with van der Waals surface area (Å²) >= 11 is 0. The molecule has 1 saturated heterocycles. The Morgan fingerprint density at radius 2 is 2.08 bits per heavy atom. The van der Waals surface area contributed by atoms with E-state index in [4.69, 9.17) is 4.52 Å². The number of alkyl halides is 1. The molecule has 0 aliphatic carbocycles. The molecule has 3 aromatic rings. The molecule has 8 heteroatoms. The second-order valence-corrected chi connectivity index (χ2v) is 6.18. The molecule has 0 spiro atoms. The van der Waals surface area contributed by atoms with Crippen molar-refractivity contribution in [3.8, 4) is 11.4 Å². The summed E-state index contributed by atoms with van der Waals surface area (Å²) in [5.74, 6) is -0.106. The van der Waals surface area contributed by atoms with Crippen molar-refractivity contribution in [3.63, 3.8) is 0 Å². The van der Waals surface area contributed by atoms with Gasteiger partial charge in [-0.05, 0) is 18.9 Å². The fourth-order valence-corrected chi connectivity index (χ4v) is 3.05. The van der Waals surface area contributed by atoms with Gasteiger partial charge in [0, 0.05) is 18.3 Å². The lowest BCUT2D eigenvalue weighted by Gasteiger charge is -2.34. The smallest absolute Gasteiger partial charge is 0.272 e. The molecule has 1 aliphatic rings. The van der Waals surface area contributed by atoms with Gasteiger partial charge >= 0.3 is 0 Å².